The molecule has 1 aliphatic rings. The van der Waals surface area contributed by atoms with Crippen LogP contribution in [0.1, 0.15) is 31.7 Å². The second-order valence-corrected chi connectivity index (χ2v) is 5.72. The van der Waals surface area contributed by atoms with Crippen LogP contribution in [0.3, 0.4) is 0 Å². The molecule has 4 nitrogen and oxygen atoms in total. The van der Waals surface area contributed by atoms with E-state index in [1.165, 1.54) is 12.3 Å². The van der Waals surface area contributed by atoms with Crippen molar-refractivity contribution in [1.29, 1.82) is 0 Å². The van der Waals surface area contributed by atoms with Crippen LogP contribution >= 0.6 is 0 Å². The van der Waals surface area contributed by atoms with Crippen molar-refractivity contribution in [3.05, 3.63) is 29.8 Å². The molecule has 110 valence electrons. The Hall–Kier alpha value is -1.49. The summed E-state index contributed by atoms with van der Waals surface area (Å²) < 4.78 is 13.1. The lowest BCUT2D eigenvalue weighted by molar-refractivity contribution is -0.138. The van der Waals surface area contributed by atoms with Crippen LogP contribution in [0.4, 0.5) is 4.39 Å². The van der Waals surface area contributed by atoms with Gasteiger partial charge < -0.3 is 5.11 Å². The number of aromatic nitrogens is 1. The highest BCUT2D eigenvalue weighted by atomic mass is 19.1. The lowest BCUT2D eigenvalue weighted by atomic mass is 9.84. The highest BCUT2D eigenvalue weighted by Gasteiger charge is 2.26. The van der Waals surface area contributed by atoms with Gasteiger partial charge >= 0.3 is 5.97 Å². The summed E-state index contributed by atoms with van der Waals surface area (Å²) in [5, 5.41) is 8.88. The fourth-order valence-corrected chi connectivity index (χ4v) is 2.94. The summed E-state index contributed by atoms with van der Waals surface area (Å²) in [5.74, 6) is -0.457. The van der Waals surface area contributed by atoms with Crippen molar-refractivity contribution in [2.75, 3.05) is 13.1 Å². The maximum absolute atomic E-state index is 13.1. The van der Waals surface area contributed by atoms with Crippen LogP contribution in [-0.4, -0.2) is 34.0 Å². The molecule has 0 bridgehead atoms. The van der Waals surface area contributed by atoms with Crippen molar-refractivity contribution >= 4 is 5.97 Å². The van der Waals surface area contributed by atoms with E-state index in [0.717, 1.165) is 31.5 Å². The first-order chi connectivity index (χ1) is 9.54. The molecule has 1 saturated heterocycles. The van der Waals surface area contributed by atoms with Gasteiger partial charge in [-0.25, -0.2) is 4.39 Å². The van der Waals surface area contributed by atoms with Gasteiger partial charge in [0.2, 0.25) is 0 Å². The zero-order chi connectivity index (χ0) is 14.5. The number of halogens is 1. The zero-order valence-corrected chi connectivity index (χ0v) is 11.8. The average molecular weight is 280 g/mol. The Bertz CT molecular complexity index is 467. The number of aliphatic carboxylic acids is 1. The Morgan fingerprint density at radius 3 is 3.10 bits per heavy atom. The lowest BCUT2D eigenvalue weighted by Gasteiger charge is -2.35. The number of carboxylic acid groups (broad SMARTS) is 1. The molecule has 2 atom stereocenters. The minimum absolute atomic E-state index is 0.181. The average Bonchev–Trinajstić information content (AvgIpc) is 2.38. The van der Waals surface area contributed by atoms with Gasteiger partial charge in [-0.1, -0.05) is 6.92 Å². The molecule has 5 heteroatoms. The number of hydrogen-bond acceptors (Lipinski definition) is 3. The van der Waals surface area contributed by atoms with Crippen LogP contribution in [0.15, 0.2) is 18.5 Å². The van der Waals surface area contributed by atoms with Gasteiger partial charge in [-0.15, -0.1) is 0 Å². The van der Waals surface area contributed by atoms with Crippen molar-refractivity contribution in [2.24, 2.45) is 11.8 Å². The summed E-state index contributed by atoms with van der Waals surface area (Å²) in [5.41, 5.74) is 0.872. The summed E-state index contributed by atoms with van der Waals surface area (Å²) in [6.07, 6.45) is 5.26. The third-order valence-electron chi connectivity index (χ3n) is 4.01. The number of likely N-dealkylation sites (tertiary alicyclic amines) is 1. The number of piperidine rings is 1. The van der Waals surface area contributed by atoms with E-state index in [9.17, 15) is 9.18 Å². The number of rotatable bonds is 5. The Kier molecular flexibility index (Phi) is 5.06. The monoisotopic (exact) mass is 280 g/mol. The summed E-state index contributed by atoms with van der Waals surface area (Å²) >= 11 is 0. The Morgan fingerprint density at radius 2 is 2.40 bits per heavy atom. The first kappa shape index (κ1) is 14.9. The quantitative estimate of drug-likeness (QED) is 0.900. The summed E-state index contributed by atoms with van der Waals surface area (Å²) in [6, 6.07) is 1.51. The minimum Gasteiger partial charge on any atom is -0.481 e. The number of hydrogen-bond donors (Lipinski definition) is 1. The third kappa shape index (κ3) is 4.27. The fourth-order valence-electron chi connectivity index (χ4n) is 2.94. The minimum atomic E-state index is -0.732. The van der Waals surface area contributed by atoms with Crippen LogP contribution in [-0.2, 0) is 11.3 Å². The van der Waals surface area contributed by atoms with Crippen LogP contribution in [0.2, 0.25) is 0 Å². The molecule has 1 N–H and O–H groups in total. The first-order valence-corrected chi connectivity index (χ1v) is 7.08. The molecule has 1 aromatic heterocycles. The molecule has 20 heavy (non-hydrogen) atoms. The van der Waals surface area contributed by atoms with Crippen LogP contribution < -0.4 is 0 Å². The Morgan fingerprint density at radius 1 is 1.60 bits per heavy atom. The standard InChI is InChI=1S/C15H21FN2O2/c1-11(5-15(19)20)13-3-2-4-18(10-13)9-12-6-14(16)8-17-7-12/h6-8,11,13H,2-5,9-10H2,1H3,(H,19,20). The van der Waals surface area contributed by atoms with Crippen LogP contribution in [0, 0.1) is 17.7 Å². The molecule has 0 aromatic carbocycles. The van der Waals surface area contributed by atoms with E-state index in [0.29, 0.717) is 12.5 Å². The molecule has 1 aliphatic heterocycles. The van der Waals surface area contributed by atoms with Gasteiger partial charge in [0.15, 0.2) is 0 Å². The van der Waals surface area contributed by atoms with Crippen LogP contribution in [0.25, 0.3) is 0 Å². The number of carboxylic acids is 1. The fraction of sp³-hybridized carbons (Fsp3) is 0.600. The van der Waals surface area contributed by atoms with Gasteiger partial charge in [-0.05, 0) is 42.9 Å². The van der Waals surface area contributed by atoms with E-state index in [1.807, 2.05) is 6.92 Å². The van der Waals surface area contributed by atoms with Gasteiger partial charge in [0.05, 0.1) is 6.20 Å². The van der Waals surface area contributed by atoms with E-state index < -0.39 is 5.97 Å². The topological polar surface area (TPSA) is 53.4 Å². The number of nitrogens with zero attached hydrogens (tertiary/aromatic N) is 2. The van der Waals surface area contributed by atoms with Gasteiger partial charge in [0.25, 0.3) is 0 Å². The highest BCUT2D eigenvalue weighted by molar-refractivity contribution is 5.67. The molecule has 0 amide bonds. The van der Waals surface area contributed by atoms with E-state index in [1.54, 1.807) is 6.20 Å². The third-order valence-corrected chi connectivity index (χ3v) is 4.01. The van der Waals surface area contributed by atoms with Crippen LogP contribution in [0.5, 0.6) is 0 Å². The molecule has 2 unspecified atom stereocenters. The predicted molar refractivity (Wildman–Crippen MR) is 73.6 cm³/mol. The molecular formula is C15H21FN2O2. The first-order valence-electron chi connectivity index (χ1n) is 7.08. The molecule has 0 saturated carbocycles. The van der Waals surface area contributed by atoms with Gasteiger partial charge in [-0.3, -0.25) is 14.7 Å². The second kappa shape index (κ2) is 6.79. The maximum atomic E-state index is 13.1. The number of carbonyl (C=O) groups is 1. The highest BCUT2D eigenvalue weighted by Crippen LogP contribution is 2.26. The van der Waals surface area contributed by atoms with Gasteiger partial charge in [0, 0.05) is 25.7 Å². The second-order valence-electron chi connectivity index (χ2n) is 5.72. The van der Waals surface area contributed by atoms with Crippen molar-refractivity contribution in [1.82, 2.24) is 9.88 Å². The predicted octanol–water partition coefficient (Wildman–Crippen LogP) is 2.54. The van der Waals surface area contributed by atoms with Crippen molar-refractivity contribution in [3.8, 4) is 0 Å². The van der Waals surface area contributed by atoms with Crippen molar-refractivity contribution < 1.29 is 14.3 Å². The largest absolute Gasteiger partial charge is 0.481 e. The number of pyridine rings is 1. The smallest absolute Gasteiger partial charge is 0.303 e. The molecular weight excluding hydrogens is 259 g/mol. The molecule has 0 radical (unpaired) electrons. The van der Waals surface area contributed by atoms with E-state index >= 15 is 0 Å². The van der Waals surface area contributed by atoms with E-state index in [4.69, 9.17) is 5.11 Å². The van der Waals surface area contributed by atoms with E-state index in [-0.39, 0.29) is 18.2 Å². The summed E-state index contributed by atoms with van der Waals surface area (Å²) in [7, 11) is 0. The normalized spacial score (nSPS) is 21.6. The molecule has 2 rings (SSSR count). The van der Waals surface area contributed by atoms with E-state index in [2.05, 4.69) is 9.88 Å². The molecule has 1 fully saturated rings. The van der Waals surface area contributed by atoms with Gasteiger partial charge in [-0.2, -0.15) is 0 Å². The molecule has 1 aromatic rings. The van der Waals surface area contributed by atoms with Crippen molar-refractivity contribution in [3.63, 3.8) is 0 Å². The maximum Gasteiger partial charge on any atom is 0.303 e. The van der Waals surface area contributed by atoms with Crippen molar-refractivity contribution in [2.45, 2.75) is 32.7 Å². The zero-order valence-electron chi connectivity index (χ0n) is 11.8. The molecule has 2 heterocycles. The van der Waals surface area contributed by atoms with Gasteiger partial charge in [0.1, 0.15) is 5.82 Å². The summed E-state index contributed by atoms with van der Waals surface area (Å²) in [6.45, 7) is 4.55. The lowest BCUT2D eigenvalue weighted by Crippen LogP contribution is -2.37. The molecule has 0 aliphatic carbocycles. The Labute approximate surface area is 118 Å². The SMILES string of the molecule is CC(CC(=O)O)C1CCCN(Cc2cncc(F)c2)C1. The Balaban J connectivity index is 1.91. The summed E-state index contributed by atoms with van der Waals surface area (Å²) in [4.78, 5) is 16.9. The molecule has 0 spiro atoms.